The SMILES string of the molecule is C[C@@H]1CC2C3CCC4=CC(=O)C=C[C@]4(C)[C@@]3(F)[C@@H](O)C[C@]2(C)[C@@]1(O)C(=O)COP(=O)([O-])OC(O)C(=O)[C@@]1(O)[C@H](C)CC2C3CCC4=CC(=O)C=C[C@]4(C)[C@@]3(F)[C@@H](O)C[C@@]21C.[Na+]. The van der Waals surface area contributed by atoms with Gasteiger partial charge in [0, 0.05) is 33.5 Å². The fourth-order valence-corrected chi connectivity index (χ4v) is 15.5. The maximum absolute atomic E-state index is 17.6. The zero-order chi connectivity index (χ0) is 44.2. The van der Waals surface area contributed by atoms with E-state index in [1.165, 1.54) is 50.3 Å². The van der Waals surface area contributed by atoms with Crippen LogP contribution in [0.15, 0.2) is 47.6 Å². The van der Waals surface area contributed by atoms with Gasteiger partial charge in [0.1, 0.15) is 17.8 Å². The third-order valence-electron chi connectivity index (χ3n) is 18.1. The number of aliphatic hydroxyl groups excluding tert-OH is 3. The standard InChI is InChI=1S/C44H57F2O13P.Na/c1-22-15-30-28-9-7-24-17-26(47)11-13-37(24,3)41(28,45)32(49)19-39(30,5)43(22,54)34(51)21-58-60(56,57)59-36(53)35(52)44(55)23(2)16-31-29-10-8-25-18-27(48)12-14-38(25,4)42(29,46)33(50)20-40(31,44)6;/h11-14,17-18,22-23,28-33,36,49-50,53-55H,7-10,15-16,19-21H2,1-6H3,(H,56,57);/q;+1/p-1/t22-,23-,28?,29?,30?,31?,32+,33+,36?,37+,38+,39+,40+,41+,42+,43+,44+;/m1./s1. The maximum atomic E-state index is 17.6. The average Bonchev–Trinajstić information content (AvgIpc) is 3.50. The maximum Gasteiger partial charge on any atom is 1.00 e. The van der Waals surface area contributed by atoms with Crippen molar-refractivity contribution in [1.82, 2.24) is 0 Å². The van der Waals surface area contributed by atoms with Gasteiger partial charge in [-0.05, 0) is 113 Å². The van der Waals surface area contributed by atoms with Gasteiger partial charge in [-0.2, -0.15) is 0 Å². The number of phosphoric ester groups is 1. The fraction of sp³-hybridized carbons (Fsp3) is 0.727. The number of ketones is 4. The molecular formula is C44H56F2NaO13P. The van der Waals surface area contributed by atoms with Crippen LogP contribution in [-0.2, 0) is 32.8 Å². The zero-order valence-corrected chi connectivity index (χ0v) is 38.6. The van der Waals surface area contributed by atoms with Crippen molar-refractivity contribution in [2.45, 2.75) is 134 Å². The van der Waals surface area contributed by atoms with E-state index in [1.807, 2.05) is 0 Å². The molecule has 6 unspecified atom stereocenters. The van der Waals surface area contributed by atoms with Crippen LogP contribution >= 0.6 is 7.82 Å². The second kappa shape index (κ2) is 14.7. The van der Waals surface area contributed by atoms with Crippen LogP contribution in [0.2, 0.25) is 0 Å². The van der Waals surface area contributed by atoms with Crippen LogP contribution in [0.25, 0.3) is 0 Å². The van der Waals surface area contributed by atoms with Gasteiger partial charge < -0.3 is 34.9 Å². The van der Waals surface area contributed by atoms with E-state index in [0.29, 0.717) is 24.0 Å². The first-order chi connectivity index (χ1) is 27.6. The summed E-state index contributed by atoms with van der Waals surface area (Å²) in [4.78, 5) is 65.7. The Morgan fingerprint density at radius 2 is 1.21 bits per heavy atom. The molecule has 6 fully saturated rings. The third-order valence-corrected chi connectivity index (χ3v) is 19.0. The van der Waals surface area contributed by atoms with Crippen LogP contribution in [0.3, 0.4) is 0 Å². The van der Waals surface area contributed by atoms with E-state index in [1.54, 1.807) is 27.7 Å². The smallest absolute Gasteiger partial charge is 0.756 e. The summed E-state index contributed by atoms with van der Waals surface area (Å²) >= 11 is 0. The zero-order valence-electron chi connectivity index (χ0n) is 35.7. The molecule has 13 nitrogen and oxygen atoms in total. The quantitative estimate of drug-likeness (QED) is 0.128. The first-order valence-corrected chi connectivity index (χ1v) is 22.6. The molecule has 17 heteroatoms. The van der Waals surface area contributed by atoms with Crippen LogP contribution in [0.5, 0.6) is 0 Å². The molecule has 330 valence electrons. The van der Waals surface area contributed by atoms with Gasteiger partial charge in [0.15, 0.2) is 28.7 Å². The summed E-state index contributed by atoms with van der Waals surface area (Å²) in [7, 11) is -5.77. The van der Waals surface area contributed by atoms with Gasteiger partial charge in [0.2, 0.25) is 12.1 Å². The van der Waals surface area contributed by atoms with Crippen LogP contribution in [-0.4, -0.2) is 96.3 Å². The Bertz CT molecular complexity index is 2130. The number of alkyl halides is 2. The number of allylic oxidation sites excluding steroid dienone is 8. The monoisotopic (exact) mass is 884 g/mol. The number of phosphoric acid groups is 1. The summed E-state index contributed by atoms with van der Waals surface area (Å²) in [5, 5.41) is 58.8. The van der Waals surface area contributed by atoms with Gasteiger partial charge in [-0.1, -0.05) is 51.0 Å². The Balaban J connectivity index is 0.00000561. The first-order valence-electron chi connectivity index (χ1n) is 21.1. The van der Waals surface area contributed by atoms with Crippen molar-refractivity contribution in [3.63, 3.8) is 0 Å². The molecule has 0 amide bonds. The molecular weight excluding hydrogens is 828 g/mol. The number of aliphatic hydroxyl groups is 5. The fourth-order valence-electron chi connectivity index (χ4n) is 14.8. The number of carbonyl (C=O) groups is 4. The van der Waals surface area contributed by atoms with Crippen molar-refractivity contribution >= 4 is 31.0 Å². The van der Waals surface area contributed by atoms with Crippen LogP contribution in [0.1, 0.15) is 92.9 Å². The molecule has 0 radical (unpaired) electrons. The summed E-state index contributed by atoms with van der Waals surface area (Å²) < 4.78 is 58.0. The average molecular weight is 885 g/mol. The molecule has 6 saturated carbocycles. The molecule has 0 bridgehead atoms. The number of fused-ring (bicyclic) bond motifs is 10. The molecule has 0 aromatic rings. The van der Waals surface area contributed by atoms with Gasteiger partial charge in [-0.25, -0.2) is 8.78 Å². The second-order valence-electron chi connectivity index (χ2n) is 20.3. The van der Waals surface area contributed by atoms with Gasteiger partial charge >= 0.3 is 29.6 Å². The van der Waals surface area contributed by atoms with E-state index in [2.05, 4.69) is 0 Å². The number of carbonyl (C=O) groups excluding carboxylic acids is 4. The third kappa shape index (κ3) is 5.91. The van der Waals surface area contributed by atoms with Gasteiger partial charge in [-0.3, -0.25) is 28.3 Å². The minimum absolute atomic E-state index is 0. The molecule has 0 spiro atoms. The van der Waals surface area contributed by atoms with Crippen molar-refractivity contribution in [1.29, 1.82) is 0 Å². The summed E-state index contributed by atoms with van der Waals surface area (Å²) in [6.07, 6.45) is 2.53. The molecule has 8 aliphatic carbocycles. The Morgan fingerprint density at radius 3 is 1.66 bits per heavy atom. The first kappa shape index (κ1) is 47.4. The number of hydrogen-bond donors (Lipinski definition) is 5. The largest absolute Gasteiger partial charge is 1.00 e. The second-order valence-corrected chi connectivity index (χ2v) is 21.7. The Hall–Kier alpha value is -1.59. The number of Topliss-reactive ketones (excluding diaryl/α,β-unsaturated/α-hetero) is 2. The molecule has 0 heterocycles. The summed E-state index contributed by atoms with van der Waals surface area (Å²) in [5.41, 5.74) is -13.9. The van der Waals surface area contributed by atoms with Crippen molar-refractivity contribution in [3.05, 3.63) is 47.6 Å². The number of halogens is 2. The van der Waals surface area contributed by atoms with Gasteiger partial charge in [0.25, 0.3) is 7.82 Å². The minimum Gasteiger partial charge on any atom is -0.756 e. The van der Waals surface area contributed by atoms with Crippen molar-refractivity contribution < 1.29 is 102 Å². The van der Waals surface area contributed by atoms with E-state index < -0.39 is 131 Å². The molecule has 0 aromatic heterocycles. The van der Waals surface area contributed by atoms with Crippen molar-refractivity contribution in [2.75, 3.05) is 6.61 Å². The topological polar surface area (TPSA) is 228 Å². The molecule has 8 aliphatic rings. The molecule has 0 aromatic carbocycles. The normalized spacial score (nSPS) is 50.9. The predicted molar refractivity (Wildman–Crippen MR) is 206 cm³/mol. The molecule has 0 saturated heterocycles. The van der Waals surface area contributed by atoms with E-state index in [9.17, 15) is 54.2 Å². The molecule has 8 rings (SSSR count). The number of hydrogen-bond acceptors (Lipinski definition) is 13. The Labute approximate surface area is 376 Å². The van der Waals surface area contributed by atoms with E-state index in [4.69, 9.17) is 9.05 Å². The van der Waals surface area contributed by atoms with Crippen molar-refractivity contribution in [2.24, 2.45) is 57.2 Å². The summed E-state index contributed by atoms with van der Waals surface area (Å²) in [6, 6.07) is 0. The van der Waals surface area contributed by atoms with Crippen LogP contribution in [0.4, 0.5) is 8.78 Å². The molecule has 0 aliphatic heterocycles. The van der Waals surface area contributed by atoms with Crippen LogP contribution in [0, 0.1) is 57.2 Å². The van der Waals surface area contributed by atoms with E-state index >= 15 is 8.78 Å². The predicted octanol–water partition coefficient (Wildman–Crippen LogP) is 0.644. The van der Waals surface area contributed by atoms with Crippen molar-refractivity contribution in [3.8, 4) is 0 Å². The molecule has 18 atom stereocenters. The Morgan fingerprint density at radius 1 is 0.803 bits per heavy atom. The van der Waals surface area contributed by atoms with Crippen LogP contribution < -0.4 is 34.5 Å². The van der Waals surface area contributed by atoms with Gasteiger partial charge in [0.05, 0.1) is 12.2 Å². The van der Waals surface area contributed by atoms with E-state index in [0.717, 1.165) is 0 Å². The molecule has 5 N–H and O–H groups in total. The Kier molecular flexibility index (Phi) is 11.4. The minimum atomic E-state index is -5.77. The number of rotatable bonds is 8. The van der Waals surface area contributed by atoms with E-state index in [-0.39, 0.29) is 73.2 Å². The van der Waals surface area contributed by atoms with Gasteiger partial charge in [-0.15, -0.1) is 0 Å². The summed E-state index contributed by atoms with van der Waals surface area (Å²) in [6.45, 7) is 8.08. The molecule has 61 heavy (non-hydrogen) atoms. The summed E-state index contributed by atoms with van der Waals surface area (Å²) in [5.74, 6) is -8.06.